The fourth-order valence-corrected chi connectivity index (χ4v) is 4.72. The fourth-order valence-electron chi connectivity index (χ4n) is 3.25. The number of rotatable bonds is 4. The second-order valence-electron chi connectivity index (χ2n) is 6.52. The molecule has 0 unspecified atom stereocenters. The molecular weight excluding hydrogens is 378 g/mol. The van der Waals surface area contributed by atoms with E-state index in [1.54, 1.807) is 22.7 Å². The van der Waals surface area contributed by atoms with Crippen LogP contribution in [0.4, 0.5) is 0 Å². The molecule has 0 spiro atoms. The number of nitrogens with zero attached hydrogens (tertiary/aromatic N) is 1. The molecule has 3 aromatic heterocycles. The molecule has 3 heterocycles. The highest BCUT2D eigenvalue weighted by Gasteiger charge is 2.06. The molecule has 0 fully saturated rings. The minimum Gasteiger partial charge on any atom is -0.248 e. The summed E-state index contributed by atoms with van der Waals surface area (Å²) in [4.78, 5) is 7.48. The third kappa shape index (κ3) is 3.42. The zero-order chi connectivity index (χ0) is 18.8. The molecule has 0 saturated carbocycles. The van der Waals surface area contributed by atoms with E-state index >= 15 is 0 Å². The highest BCUT2D eigenvalue weighted by molar-refractivity contribution is 7.13. The monoisotopic (exact) mass is 395 g/mol. The quantitative estimate of drug-likeness (QED) is 0.302. The van der Waals surface area contributed by atoms with Gasteiger partial charge in [0.2, 0.25) is 0 Å². The first-order valence-corrected chi connectivity index (χ1v) is 10.9. The van der Waals surface area contributed by atoms with Crippen molar-refractivity contribution in [3.8, 4) is 43.4 Å². The number of benzene rings is 2. The maximum absolute atomic E-state index is 4.90. The van der Waals surface area contributed by atoms with Gasteiger partial charge in [-0.25, -0.2) is 4.98 Å². The molecule has 0 bridgehead atoms. The minimum atomic E-state index is 0.998. The Kier molecular flexibility index (Phi) is 4.61. The fraction of sp³-hybridized carbons (Fsp3) is 0. The summed E-state index contributed by atoms with van der Waals surface area (Å²) in [6.07, 6.45) is 0. The van der Waals surface area contributed by atoms with Crippen molar-refractivity contribution < 1.29 is 0 Å². The van der Waals surface area contributed by atoms with E-state index in [2.05, 4.69) is 102 Å². The molecule has 0 aliphatic rings. The SMILES string of the molecule is c1cc(-c2ccc(-c3cccs3)cc2)nc(-c2ccc(-c3cccs3)cc2)c1. The van der Waals surface area contributed by atoms with Gasteiger partial charge in [-0.05, 0) is 46.2 Å². The summed E-state index contributed by atoms with van der Waals surface area (Å²) in [7, 11) is 0. The summed E-state index contributed by atoms with van der Waals surface area (Å²) >= 11 is 3.53. The van der Waals surface area contributed by atoms with E-state index in [9.17, 15) is 0 Å². The topological polar surface area (TPSA) is 12.9 Å². The Hall–Kier alpha value is -3.01. The van der Waals surface area contributed by atoms with E-state index in [1.165, 1.54) is 20.9 Å². The van der Waals surface area contributed by atoms with E-state index in [0.29, 0.717) is 0 Å². The van der Waals surface area contributed by atoms with Crippen molar-refractivity contribution in [1.29, 1.82) is 0 Å². The lowest BCUT2D eigenvalue weighted by Crippen LogP contribution is -1.88. The molecule has 5 rings (SSSR count). The molecule has 0 saturated heterocycles. The molecule has 28 heavy (non-hydrogen) atoms. The lowest BCUT2D eigenvalue weighted by Gasteiger charge is -2.07. The maximum atomic E-state index is 4.90. The smallest absolute Gasteiger partial charge is 0.0709 e. The van der Waals surface area contributed by atoms with Crippen LogP contribution in [-0.2, 0) is 0 Å². The van der Waals surface area contributed by atoms with Crippen LogP contribution < -0.4 is 0 Å². The Bertz CT molecular complexity index is 1080. The number of hydrogen-bond acceptors (Lipinski definition) is 3. The maximum Gasteiger partial charge on any atom is 0.0709 e. The summed E-state index contributed by atoms with van der Waals surface area (Å²) in [5.74, 6) is 0. The van der Waals surface area contributed by atoms with Gasteiger partial charge in [-0.2, -0.15) is 0 Å². The predicted molar refractivity (Wildman–Crippen MR) is 122 cm³/mol. The average molecular weight is 396 g/mol. The molecular formula is C25H17NS2. The molecule has 0 amide bonds. The molecule has 3 heteroatoms. The Morgan fingerprint density at radius 3 is 1.25 bits per heavy atom. The molecule has 0 atom stereocenters. The van der Waals surface area contributed by atoms with Gasteiger partial charge in [-0.15, -0.1) is 22.7 Å². The van der Waals surface area contributed by atoms with Gasteiger partial charge in [-0.1, -0.05) is 66.7 Å². The van der Waals surface area contributed by atoms with Crippen LogP contribution in [-0.4, -0.2) is 4.98 Å². The number of aromatic nitrogens is 1. The second-order valence-corrected chi connectivity index (χ2v) is 8.41. The molecule has 1 nitrogen and oxygen atoms in total. The largest absolute Gasteiger partial charge is 0.248 e. The van der Waals surface area contributed by atoms with Crippen LogP contribution in [0.2, 0.25) is 0 Å². The van der Waals surface area contributed by atoms with Gasteiger partial charge in [0.05, 0.1) is 11.4 Å². The van der Waals surface area contributed by atoms with Crippen molar-refractivity contribution in [3.63, 3.8) is 0 Å². The zero-order valence-electron chi connectivity index (χ0n) is 15.1. The highest BCUT2D eigenvalue weighted by atomic mass is 32.1. The van der Waals surface area contributed by atoms with E-state index in [1.807, 2.05) is 0 Å². The van der Waals surface area contributed by atoms with Gasteiger partial charge in [0.15, 0.2) is 0 Å². The van der Waals surface area contributed by atoms with Crippen molar-refractivity contribution in [2.75, 3.05) is 0 Å². The molecule has 0 aliphatic heterocycles. The Morgan fingerprint density at radius 1 is 0.429 bits per heavy atom. The summed E-state index contributed by atoms with van der Waals surface area (Å²) in [6, 6.07) is 32.0. The van der Waals surface area contributed by atoms with Crippen LogP contribution in [0.1, 0.15) is 0 Å². The van der Waals surface area contributed by atoms with Crippen LogP contribution in [0.5, 0.6) is 0 Å². The number of hydrogen-bond donors (Lipinski definition) is 0. The van der Waals surface area contributed by atoms with Crippen LogP contribution in [0.25, 0.3) is 43.4 Å². The second kappa shape index (κ2) is 7.55. The van der Waals surface area contributed by atoms with Gasteiger partial charge in [-0.3, -0.25) is 0 Å². The lowest BCUT2D eigenvalue weighted by molar-refractivity contribution is 1.32. The molecule has 0 radical (unpaired) electrons. The highest BCUT2D eigenvalue weighted by Crippen LogP contribution is 2.30. The third-order valence-electron chi connectivity index (χ3n) is 4.72. The van der Waals surface area contributed by atoms with E-state index in [0.717, 1.165) is 22.5 Å². The van der Waals surface area contributed by atoms with Crippen molar-refractivity contribution in [3.05, 3.63) is 102 Å². The standard InChI is InChI=1S/C25H17NS2/c1-4-22(18-8-12-20(13-9-18)24-6-2-16-27-24)26-23(5-1)19-10-14-21(15-11-19)25-7-3-17-28-25/h1-17H. The van der Waals surface area contributed by atoms with Gasteiger partial charge in [0.1, 0.15) is 0 Å². The summed E-state index contributed by atoms with van der Waals surface area (Å²) < 4.78 is 0. The summed E-state index contributed by atoms with van der Waals surface area (Å²) in [5.41, 5.74) is 6.77. The first-order chi connectivity index (χ1) is 13.9. The first kappa shape index (κ1) is 17.1. The third-order valence-corrected chi connectivity index (χ3v) is 6.56. The van der Waals surface area contributed by atoms with Crippen LogP contribution in [0.3, 0.4) is 0 Å². The van der Waals surface area contributed by atoms with Gasteiger partial charge < -0.3 is 0 Å². The first-order valence-electron chi connectivity index (χ1n) is 9.12. The van der Waals surface area contributed by atoms with Gasteiger partial charge >= 0.3 is 0 Å². The molecule has 134 valence electrons. The van der Waals surface area contributed by atoms with Crippen molar-refractivity contribution in [1.82, 2.24) is 4.98 Å². The normalized spacial score (nSPS) is 10.9. The minimum absolute atomic E-state index is 0.998. The zero-order valence-corrected chi connectivity index (χ0v) is 16.7. The predicted octanol–water partition coefficient (Wildman–Crippen LogP) is 7.87. The Morgan fingerprint density at radius 2 is 0.857 bits per heavy atom. The molecule has 2 aromatic carbocycles. The average Bonchev–Trinajstić information content (AvgIpc) is 3.49. The van der Waals surface area contributed by atoms with E-state index < -0.39 is 0 Å². The summed E-state index contributed by atoms with van der Waals surface area (Å²) in [5, 5.41) is 4.22. The van der Waals surface area contributed by atoms with Crippen molar-refractivity contribution >= 4 is 22.7 Å². The lowest BCUT2D eigenvalue weighted by atomic mass is 10.0. The van der Waals surface area contributed by atoms with Gasteiger partial charge in [0.25, 0.3) is 0 Å². The molecule has 0 N–H and O–H groups in total. The summed E-state index contributed by atoms with van der Waals surface area (Å²) in [6.45, 7) is 0. The van der Waals surface area contributed by atoms with Gasteiger partial charge in [0, 0.05) is 20.9 Å². The van der Waals surface area contributed by atoms with Crippen LogP contribution >= 0.6 is 22.7 Å². The number of thiophene rings is 2. The van der Waals surface area contributed by atoms with Crippen molar-refractivity contribution in [2.45, 2.75) is 0 Å². The molecule has 0 aliphatic carbocycles. The molecule has 5 aromatic rings. The van der Waals surface area contributed by atoms with E-state index in [4.69, 9.17) is 4.98 Å². The van der Waals surface area contributed by atoms with E-state index in [-0.39, 0.29) is 0 Å². The van der Waals surface area contributed by atoms with Crippen molar-refractivity contribution in [2.24, 2.45) is 0 Å². The number of pyridine rings is 1. The van der Waals surface area contributed by atoms with Crippen LogP contribution in [0.15, 0.2) is 102 Å². The Labute approximate surface area is 172 Å². The Balaban J connectivity index is 1.43. The van der Waals surface area contributed by atoms with Crippen LogP contribution in [0, 0.1) is 0 Å².